The second kappa shape index (κ2) is 5.90. The highest BCUT2D eigenvalue weighted by Gasteiger charge is 2.08. The molecule has 0 unspecified atom stereocenters. The lowest BCUT2D eigenvalue weighted by Gasteiger charge is -2.02. The molecule has 0 amide bonds. The summed E-state index contributed by atoms with van der Waals surface area (Å²) >= 11 is 1.62. The van der Waals surface area contributed by atoms with Crippen LogP contribution in [-0.4, -0.2) is 22.1 Å². The van der Waals surface area contributed by atoms with Crippen LogP contribution in [0.4, 0.5) is 5.82 Å². The zero-order chi connectivity index (χ0) is 16.5. The maximum Gasteiger partial charge on any atom is 0.126 e. The number of benzene rings is 1. The molecule has 0 aliphatic carbocycles. The zero-order valence-electron chi connectivity index (χ0n) is 12.9. The van der Waals surface area contributed by atoms with Crippen LogP contribution in [0.25, 0.3) is 32.0 Å². The molecule has 1 aromatic carbocycles. The predicted molar refractivity (Wildman–Crippen MR) is 97.0 cm³/mol. The van der Waals surface area contributed by atoms with Crippen molar-refractivity contribution in [2.45, 2.75) is 0 Å². The van der Waals surface area contributed by atoms with Gasteiger partial charge in [0, 0.05) is 23.5 Å². The summed E-state index contributed by atoms with van der Waals surface area (Å²) in [6, 6.07) is 13.6. The van der Waals surface area contributed by atoms with E-state index < -0.39 is 0 Å². The van der Waals surface area contributed by atoms with Gasteiger partial charge in [0.15, 0.2) is 0 Å². The molecule has 0 spiro atoms. The highest BCUT2D eigenvalue weighted by atomic mass is 32.1. The number of rotatable bonds is 3. The number of nitrogen functional groups attached to an aromatic ring is 1. The Morgan fingerprint density at radius 2 is 1.79 bits per heavy atom. The molecule has 5 nitrogen and oxygen atoms in total. The topological polar surface area (TPSA) is 73.9 Å². The second-order valence-electron chi connectivity index (χ2n) is 5.26. The molecule has 0 saturated carbocycles. The molecule has 0 aliphatic rings. The molecule has 0 aliphatic heterocycles. The van der Waals surface area contributed by atoms with E-state index in [0.29, 0.717) is 5.82 Å². The first-order valence-corrected chi connectivity index (χ1v) is 8.17. The van der Waals surface area contributed by atoms with E-state index in [4.69, 9.17) is 10.5 Å². The normalized spacial score (nSPS) is 10.9. The van der Waals surface area contributed by atoms with Crippen LogP contribution in [0.1, 0.15) is 0 Å². The highest BCUT2D eigenvalue weighted by Crippen LogP contribution is 2.32. The predicted octanol–water partition coefficient (Wildman–Crippen LogP) is 4.01. The summed E-state index contributed by atoms with van der Waals surface area (Å²) in [6.45, 7) is 0. The van der Waals surface area contributed by atoms with Crippen LogP contribution in [0.15, 0.2) is 54.9 Å². The van der Waals surface area contributed by atoms with Gasteiger partial charge in [-0.25, -0.2) is 9.97 Å². The fraction of sp³-hybridized carbons (Fsp3) is 0.0556. The lowest BCUT2D eigenvalue weighted by atomic mass is 10.1. The Labute approximate surface area is 142 Å². The summed E-state index contributed by atoms with van der Waals surface area (Å²) in [6.07, 6.45) is 3.56. The van der Waals surface area contributed by atoms with Gasteiger partial charge in [0.2, 0.25) is 0 Å². The average molecular weight is 334 g/mol. The van der Waals surface area contributed by atoms with E-state index in [2.05, 4.69) is 15.0 Å². The second-order valence-corrected chi connectivity index (χ2v) is 6.29. The van der Waals surface area contributed by atoms with Gasteiger partial charge in [-0.2, -0.15) is 0 Å². The van der Waals surface area contributed by atoms with Gasteiger partial charge in [-0.3, -0.25) is 4.98 Å². The van der Waals surface area contributed by atoms with Crippen molar-refractivity contribution in [2.75, 3.05) is 12.8 Å². The summed E-state index contributed by atoms with van der Waals surface area (Å²) in [7, 11) is 1.66. The molecule has 0 saturated heterocycles. The molecular weight excluding hydrogens is 320 g/mol. The molecular formula is C18H14N4OS. The van der Waals surface area contributed by atoms with Crippen molar-refractivity contribution in [3.63, 3.8) is 0 Å². The summed E-state index contributed by atoms with van der Waals surface area (Å²) < 4.78 is 6.36. The smallest absolute Gasteiger partial charge is 0.126 e. The SMILES string of the molecule is COc1ccc2nc(-c3ccc(-c4ccc(N)nc4)nc3)sc2c1. The van der Waals surface area contributed by atoms with E-state index in [9.17, 15) is 0 Å². The fourth-order valence-electron chi connectivity index (χ4n) is 2.40. The van der Waals surface area contributed by atoms with E-state index >= 15 is 0 Å². The summed E-state index contributed by atoms with van der Waals surface area (Å²) in [5.41, 5.74) is 9.35. The standard InChI is InChI=1S/C18H14N4OS/c1-23-13-4-6-15-16(8-13)24-18(22-15)12-2-5-14(20-10-12)11-3-7-17(19)21-9-11/h2-10H,1H3,(H2,19,21). The van der Waals surface area contributed by atoms with Gasteiger partial charge in [0.1, 0.15) is 16.6 Å². The Hall–Kier alpha value is -2.99. The summed E-state index contributed by atoms with van der Waals surface area (Å²) in [5.74, 6) is 1.34. The average Bonchev–Trinajstić information content (AvgIpc) is 3.05. The Bertz CT molecular complexity index is 994. The number of anilines is 1. The largest absolute Gasteiger partial charge is 0.497 e. The Kier molecular flexibility index (Phi) is 3.59. The van der Waals surface area contributed by atoms with Crippen LogP contribution in [0.2, 0.25) is 0 Å². The third-order valence-electron chi connectivity index (χ3n) is 3.69. The lowest BCUT2D eigenvalue weighted by Crippen LogP contribution is -1.90. The number of ether oxygens (including phenoxy) is 1. The van der Waals surface area contributed by atoms with Crippen LogP contribution >= 0.6 is 11.3 Å². The van der Waals surface area contributed by atoms with Gasteiger partial charge >= 0.3 is 0 Å². The minimum absolute atomic E-state index is 0.500. The molecule has 3 aromatic heterocycles. The third kappa shape index (κ3) is 2.68. The molecule has 0 fully saturated rings. The maximum absolute atomic E-state index is 5.62. The van der Waals surface area contributed by atoms with Gasteiger partial charge in [-0.1, -0.05) is 0 Å². The summed E-state index contributed by atoms with van der Waals surface area (Å²) in [4.78, 5) is 13.3. The Balaban J connectivity index is 1.68. The Morgan fingerprint density at radius 3 is 2.50 bits per heavy atom. The highest BCUT2D eigenvalue weighted by molar-refractivity contribution is 7.21. The van der Waals surface area contributed by atoms with Crippen molar-refractivity contribution < 1.29 is 4.74 Å². The number of methoxy groups -OCH3 is 1. The molecule has 0 atom stereocenters. The molecule has 24 heavy (non-hydrogen) atoms. The summed E-state index contributed by atoms with van der Waals surface area (Å²) in [5, 5.41) is 0.938. The van der Waals surface area contributed by atoms with Crippen LogP contribution in [0.5, 0.6) is 5.75 Å². The Morgan fingerprint density at radius 1 is 0.958 bits per heavy atom. The first-order chi connectivity index (χ1) is 11.7. The van der Waals surface area contributed by atoms with Gasteiger partial charge in [0.25, 0.3) is 0 Å². The molecule has 4 aromatic rings. The first-order valence-electron chi connectivity index (χ1n) is 7.36. The minimum atomic E-state index is 0.500. The van der Waals surface area contributed by atoms with Gasteiger partial charge in [-0.15, -0.1) is 11.3 Å². The number of fused-ring (bicyclic) bond motifs is 1. The van der Waals surface area contributed by atoms with Crippen LogP contribution < -0.4 is 10.5 Å². The number of nitrogens with two attached hydrogens (primary N) is 1. The third-order valence-corrected chi connectivity index (χ3v) is 4.76. The molecule has 3 heterocycles. The molecule has 0 radical (unpaired) electrons. The van der Waals surface area contributed by atoms with E-state index in [1.54, 1.807) is 30.7 Å². The molecule has 2 N–H and O–H groups in total. The van der Waals surface area contributed by atoms with Gasteiger partial charge in [-0.05, 0) is 42.5 Å². The lowest BCUT2D eigenvalue weighted by molar-refractivity contribution is 0.415. The number of thiazole rings is 1. The van der Waals surface area contributed by atoms with Crippen molar-refractivity contribution in [1.82, 2.24) is 15.0 Å². The number of nitrogens with zero attached hydrogens (tertiary/aromatic N) is 3. The van der Waals surface area contributed by atoms with E-state index in [1.165, 1.54) is 0 Å². The van der Waals surface area contributed by atoms with Crippen molar-refractivity contribution in [1.29, 1.82) is 0 Å². The number of hydrogen-bond donors (Lipinski definition) is 1. The van der Waals surface area contributed by atoms with E-state index in [-0.39, 0.29) is 0 Å². The van der Waals surface area contributed by atoms with Crippen LogP contribution in [0, 0.1) is 0 Å². The fourth-order valence-corrected chi connectivity index (χ4v) is 3.39. The van der Waals surface area contributed by atoms with Crippen molar-refractivity contribution in [3.05, 3.63) is 54.9 Å². The van der Waals surface area contributed by atoms with E-state index in [1.807, 2.05) is 42.6 Å². The van der Waals surface area contributed by atoms with Gasteiger partial charge in [0.05, 0.1) is 23.0 Å². The van der Waals surface area contributed by atoms with Crippen molar-refractivity contribution in [2.24, 2.45) is 0 Å². The molecule has 0 bridgehead atoms. The quantitative estimate of drug-likeness (QED) is 0.613. The molecule has 4 rings (SSSR count). The van der Waals surface area contributed by atoms with Gasteiger partial charge < -0.3 is 10.5 Å². The monoisotopic (exact) mass is 334 g/mol. The number of hydrogen-bond acceptors (Lipinski definition) is 6. The number of aromatic nitrogens is 3. The van der Waals surface area contributed by atoms with Crippen molar-refractivity contribution in [3.8, 4) is 27.6 Å². The van der Waals surface area contributed by atoms with Crippen LogP contribution in [0.3, 0.4) is 0 Å². The molecule has 6 heteroatoms. The van der Waals surface area contributed by atoms with Crippen molar-refractivity contribution >= 4 is 27.4 Å². The zero-order valence-corrected chi connectivity index (χ0v) is 13.7. The maximum atomic E-state index is 5.62. The first kappa shape index (κ1) is 14.6. The van der Waals surface area contributed by atoms with Crippen LogP contribution in [-0.2, 0) is 0 Å². The number of pyridine rings is 2. The van der Waals surface area contributed by atoms with E-state index in [0.717, 1.165) is 37.8 Å². The minimum Gasteiger partial charge on any atom is -0.497 e. The molecule has 118 valence electrons.